The van der Waals surface area contributed by atoms with E-state index in [-0.39, 0.29) is 41.3 Å². The lowest BCUT2D eigenvalue weighted by atomic mass is 9.85. The first-order chi connectivity index (χ1) is 13.8. The van der Waals surface area contributed by atoms with Gasteiger partial charge < -0.3 is 10.1 Å². The molecule has 1 saturated carbocycles. The highest BCUT2D eigenvalue weighted by Crippen LogP contribution is 2.52. The summed E-state index contributed by atoms with van der Waals surface area (Å²) in [4.78, 5) is 61.3. The highest BCUT2D eigenvalue weighted by Gasteiger charge is 2.59. The maximum atomic E-state index is 12.5. The first kappa shape index (κ1) is 19.0. The van der Waals surface area contributed by atoms with E-state index in [1.807, 2.05) is 12.2 Å². The van der Waals surface area contributed by atoms with Gasteiger partial charge in [-0.2, -0.15) is 0 Å². The fourth-order valence-corrected chi connectivity index (χ4v) is 4.43. The molecule has 8 heteroatoms. The number of allylic oxidation sites excluding steroid dienone is 2. The van der Waals surface area contributed by atoms with Gasteiger partial charge in [-0.05, 0) is 49.4 Å². The molecule has 1 heterocycles. The van der Waals surface area contributed by atoms with Crippen molar-refractivity contribution in [1.82, 2.24) is 4.90 Å². The molecule has 1 aromatic rings. The van der Waals surface area contributed by atoms with Crippen LogP contribution in [0.4, 0.5) is 5.69 Å². The van der Waals surface area contributed by atoms with Crippen LogP contribution < -0.4 is 5.32 Å². The minimum Gasteiger partial charge on any atom is -0.454 e. The molecule has 2 fully saturated rings. The zero-order valence-corrected chi connectivity index (χ0v) is 15.8. The lowest BCUT2D eigenvalue weighted by Gasteiger charge is -2.16. The van der Waals surface area contributed by atoms with Gasteiger partial charge >= 0.3 is 5.97 Å². The predicted octanol–water partition coefficient (Wildman–Crippen LogP) is 1.18. The average molecular weight is 396 g/mol. The molecule has 2 aliphatic carbocycles. The summed E-state index contributed by atoms with van der Waals surface area (Å²) < 4.78 is 4.92. The van der Waals surface area contributed by atoms with Crippen molar-refractivity contribution in [1.29, 1.82) is 0 Å². The molecule has 1 aromatic carbocycles. The Labute approximate surface area is 166 Å². The number of hydrogen-bond acceptors (Lipinski definition) is 6. The van der Waals surface area contributed by atoms with E-state index < -0.39 is 25.0 Å². The summed E-state index contributed by atoms with van der Waals surface area (Å²) in [5, 5.41) is 2.54. The fraction of sp³-hybridized carbons (Fsp3) is 0.381. The van der Waals surface area contributed by atoms with Gasteiger partial charge in [-0.25, -0.2) is 0 Å². The summed E-state index contributed by atoms with van der Waals surface area (Å²) in [5.41, 5.74) is 0.972. The SMILES string of the molecule is CC(=O)c1ccc(NC(=O)COC(=O)CN2C(=O)[C@@H]3[C@H](C2=O)[C@H]2C=C[C@H]3C2)cc1. The summed E-state index contributed by atoms with van der Waals surface area (Å²) >= 11 is 0. The summed E-state index contributed by atoms with van der Waals surface area (Å²) in [6.07, 6.45) is 4.77. The molecule has 1 N–H and O–H groups in total. The number of carbonyl (C=O) groups excluding carboxylic acids is 5. The molecule has 2 bridgehead atoms. The topological polar surface area (TPSA) is 110 Å². The van der Waals surface area contributed by atoms with Crippen LogP contribution in [0.2, 0.25) is 0 Å². The van der Waals surface area contributed by atoms with Gasteiger partial charge in [0.25, 0.3) is 5.91 Å². The molecule has 150 valence electrons. The summed E-state index contributed by atoms with van der Waals surface area (Å²) in [6.45, 7) is 0.422. The molecule has 0 spiro atoms. The van der Waals surface area contributed by atoms with E-state index in [0.717, 1.165) is 11.3 Å². The number of hydrogen-bond donors (Lipinski definition) is 1. The van der Waals surface area contributed by atoms with E-state index in [2.05, 4.69) is 5.32 Å². The second-order valence-corrected chi connectivity index (χ2v) is 7.60. The second kappa shape index (κ2) is 7.27. The molecular formula is C21H20N2O6. The third kappa shape index (κ3) is 3.46. The number of rotatable bonds is 6. The van der Waals surface area contributed by atoms with E-state index in [1.54, 1.807) is 24.3 Å². The summed E-state index contributed by atoms with van der Waals surface area (Å²) in [7, 11) is 0. The number of likely N-dealkylation sites (tertiary alicyclic amines) is 1. The number of nitrogens with zero attached hydrogens (tertiary/aromatic N) is 1. The van der Waals surface area contributed by atoms with E-state index >= 15 is 0 Å². The van der Waals surface area contributed by atoms with Crippen LogP contribution in [0.5, 0.6) is 0 Å². The van der Waals surface area contributed by atoms with Crippen molar-refractivity contribution < 1.29 is 28.7 Å². The molecule has 4 atom stereocenters. The van der Waals surface area contributed by atoms with Crippen LogP contribution in [0.25, 0.3) is 0 Å². The van der Waals surface area contributed by atoms with Crippen molar-refractivity contribution >= 4 is 35.2 Å². The molecule has 3 amide bonds. The van der Waals surface area contributed by atoms with Gasteiger partial charge in [-0.15, -0.1) is 0 Å². The number of carbonyl (C=O) groups is 5. The normalized spacial score (nSPS) is 26.6. The van der Waals surface area contributed by atoms with Crippen molar-refractivity contribution in [2.75, 3.05) is 18.5 Å². The van der Waals surface area contributed by atoms with Crippen LogP contribution in [0.15, 0.2) is 36.4 Å². The fourth-order valence-electron chi connectivity index (χ4n) is 4.43. The van der Waals surface area contributed by atoms with Gasteiger partial charge in [0.05, 0.1) is 11.8 Å². The van der Waals surface area contributed by atoms with E-state index in [4.69, 9.17) is 4.74 Å². The third-order valence-corrected chi connectivity index (χ3v) is 5.79. The Hall–Kier alpha value is -3.29. The Morgan fingerprint density at radius 1 is 1.03 bits per heavy atom. The van der Waals surface area contributed by atoms with Gasteiger partial charge in [0, 0.05) is 11.3 Å². The molecular weight excluding hydrogens is 376 g/mol. The third-order valence-electron chi connectivity index (χ3n) is 5.79. The van der Waals surface area contributed by atoms with Crippen molar-refractivity contribution in [2.45, 2.75) is 13.3 Å². The number of fused-ring (bicyclic) bond motifs is 5. The number of benzene rings is 1. The van der Waals surface area contributed by atoms with Crippen LogP contribution in [0.1, 0.15) is 23.7 Å². The first-order valence-corrected chi connectivity index (χ1v) is 9.45. The molecule has 3 aliphatic rings. The van der Waals surface area contributed by atoms with E-state index in [1.165, 1.54) is 6.92 Å². The Morgan fingerprint density at radius 3 is 2.17 bits per heavy atom. The minimum atomic E-state index is -0.811. The first-order valence-electron chi connectivity index (χ1n) is 9.45. The Kier molecular flexibility index (Phi) is 4.77. The molecule has 4 rings (SSSR count). The number of ketones is 1. The van der Waals surface area contributed by atoms with Crippen molar-refractivity contribution in [3.05, 3.63) is 42.0 Å². The highest BCUT2D eigenvalue weighted by atomic mass is 16.5. The Balaban J connectivity index is 1.27. The zero-order chi connectivity index (χ0) is 20.7. The lowest BCUT2D eigenvalue weighted by molar-refractivity contribution is -0.154. The van der Waals surface area contributed by atoms with Gasteiger partial charge in [0.15, 0.2) is 12.4 Å². The van der Waals surface area contributed by atoms with E-state index in [9.17, 15) is 24.0 Å². The molecule has 1 aliphatic heterocycles. The number of esters is 1. The van der Waals surface area contributed by atoms with Crippen molar-refractivity contribution in [3.63, 3.8) is 0 Å². The second-order valence-electron chi connectivity index (χ2n) is 7.60. The smallest absolute Gasteiger partial charge is 0.326 e. The number of anilines is 1. The quantitative estimate of drug-likeness (QED) is 0.335. The Morgan fingerprint density at radius 2 is 1.62 bits per heavy atom. The summed E-state index contributed by atoms with van der Waals surface area (Å²) in [5.74, 6) is -2.71. The predicted molar refractivity (Wildman–Crippen MR) is 100 cm³/mol. The Bertz CT molecular complexity index is 905. The van der Waals surface area contributed by atoms with Crippen molar-refractivity contribution in [2.24, 2.45) is 23.7 Å². The molecule has 29 heavy (non-hydrogen) atoms. The average Bonchev–Trinajstić information content (AvgIpc) is 3.37. The van der Waals surface area contributed by atoms with Crippen molar-refractivity contribution in [3.8, 4) is 0 Å². The van der Waals surface area contributed by atoms with Gasteiger partial charge in [-0.1, -0.05) is 12.2 Å². The number of amides is 3. The highest BCUT2D eigenvalue weighted by molar-refractivity contribution is 6.08. The van der Waals surface area contributed by atoms with Crippen LogP contribution in [0, 0.1) is 23.7 Å². The molecule has 0 aromatic heterocycles. The van der Waals surface area contributed by atoms with Gasteiger partial charge in [0.1, 0.15) is 6.54 Å². The maximum absolute atomic E-state index is 12.5. The standard InChI is InChI=1S/C21H20N2O6/c1-11(24)12-4-6-15(7-5-12)22-16(25)10-29-17(26)9-23-20(27)18-13-2-3-14(8-13)19(18)21(23)28/h2-7,13-14,18-19H,8-10H2,1H3,(H,22,25)/t13-,14-,18-,19+/m0/s1. The maximum Gasteiger partial charge on any atom is 0.326 e. The molecule has 8 nitrogen and oxygen atoms in total. The largest absolute Gasteiger partial charge is 0.454 e. The number of ether oxygens (including phenoxy) is 1. The summed E-state index contributed by atoms with van der Waals surface area (Å²) in [6, 6.07) is 6.29. The van der Waals surface area contributed by atoms with Crippen LogP contribution in [0.3, 0.4) is 0 Å². The molecule has 0 radical (unpaired) electrons. The number of Topliss-reactive ketones (excluding diaryl/α,β-unsaturated/α-hetero) is 1. The van der Waals surface area contributed by atoms with Crippen LogP contribution in [-0.4, -0.2) is 47.5 Å². The molecule has 1 saturated heterocycles. The van der Waals surface area contributed by atoms with Crippen LogP contribution in [-0.2, 0) is 23.9 Å². The van der Waals surface area contributed by atoms with Gasteiger partial charge in [-0.3, -0.25) is 28.9 Å². The zero-order valence-electron chi connectivity index (χ0n) is 15.8. The minimum absolute atomic E-state index is 0.0719. The monoisotopic (exact) mass is 396 g/mol. The number of nitrogens with one attached hydrogen (secondary N) is 1. The van der Waals surface area contributed by atoms with Crippen LogP contribution >= 0.6 is 0 Å². The number of imide groups is 1. The van der Waals surface area contributed by atoms with E-state index in [0.29, 0.717) is 11.3 Å². The lowest BCUT2D eigenvalue weighted by Crippen LogP contribution is -2.38. The molecule has 0 unspecified atom stereocenters. The van der Waals surface area contributed by atoms with Gasteiger partial charge in [0.2, 0.25) is 11.8 Å².